The Hall–Kier alpha value is -0.680. The molecular formula is C13H23F2NO2. The van der Waals surface area contributed by atoms with Crippen LogP contribution >= 0.6 is 0 Å². The van der Waals surface area contributed by atoms with E-state index in [4.69, 9.17) is 9.47 Å². The molecule has 1 aliphatic heterocycles. The lowest BCUT2D eigenvalue weighted by Crippen LogP contribution is -2.34. The molecule has 0 saturated heterocycles. The summed E-state index contributed by atoms with van der Waals surface area (Å²) in [5.41, 5.74) is 1.22. The Kier molecular flexibility index (Phi) is 7.93. The van der Waals surface area contributed by atoms with E-state index in [1.807, 2.05) is 6.26 Å². The maximum absolute atomic E-state index is 11.9. The van der Waals surface area contributed by atoms with Gasteiger partial charge in [0, 0.05) is 12.6 Å². The van der Waals surface area contributed by atoms with Crippen molar-refractivity contribution in [3.63, 3.8) is 0 Å². The van der Waals surface area contributed by atoms with Crippen molar-refractivity contribution in [2.75, 3.05) is 26.4 Å². The largest absolute Gasteiger partial charge is 0.501 e. The van der Waals surface area contributed by atoms with Crippen LogP contribution in [0.15, 0.2) is 11.8 Å². The Labute approximate surface area is 108 Å². The molecule has 1 heterocycles. The smallest absolute Gasteiger partial charge is 0.261 e. The Bertz CT molecular complexity index is 247. The van der Waals surface area contributed by atoms with E-state index in [2.05, 4.69) is 12.2 Å². The van der Waals surface area contributed by atoms with Gasteiger partial charge in [-0.15, -0.1) is 0 Å². The summed E-state index contributed by atoms with van der Waals surface area (Å²) in [6.07, 6.45) is 3.21. The molecule has 1 atom stereocenters. The molecule has 0 amide bonds. The van der Waals surface area contributed by atoms with Crippen LogP contribution in [-0.4, -0.2) is 38.8 Å². The van der Waals surface area contributed by atoms with Gasteiger partial charge in [0.15, 0.2) is 0 Å². The van der Waals surface area contributed by atoms with Crippen molar-refractivity contribution in [1.82, 2.24) is 5.32 Å². The summed E-state index contributed by atoms with van der Waals surface area (Å²) in [5.74, 6) is 0. The van der Waals surface area contributed by atoms with Crippen LogP contribution in [0.25, 0.3) is 0 Å². The summed E-state index contributed by atoms with van der Waals surface area (Å²) >= 11 is 0. The number of nitrogens with one attached hydrogen (secondary N) is 1. The predicted octanol–water partition coefficient (Wildman–Crippen LogP) is 2.72. The van der Waals surface area contributed by atoms with Gasteiger partial charge >= 0.3 is 0 Å². The van der Waals surface area contributed by atoms with Gasteiger partial charge in [0.1, 0.15) is 6.61 Å². The van der Waals surface area contributed by atoms with Crippen molar-refractivity contribution < 1.29 is 18.3 Å². The van der Waals surface area contributed by atoms with Crippen molar-refractivity contribution in [2.24, 2.45) is 0 Å². The number of alkyl halides is 2. The van der Waals surface area contributed by atoms with E-state index in [0.717, 1.165) is 32.4 Å². The zero-order valence-electron chi connectivity index (χ0n) is 11.0. The molecule has 106 valence electrons. The van der Waals surface area contributed by atoms with Gasteiger partial charge in [0.05, 0.1) is 12.9 Å². The normalized spacial score (nSPS) is 17.4. The van der Waals surface area contributed by atoms with Crippen LogP contribution in [-0.2, 0) is 9.47 Å². The van der Waals surface area contributed by atoms with Gasteiger partial charge in [-0.05, 0) is 37.8 Å². The number of ether oxygens (including phenoxy) is 2. The fourth-order valence-electron chi connectivity index (χ4n) is 1.95. The minimum Gasteiger partial charge on any atom is -0.501 e. The van der Waals surface area contributed by atoms with Gasteiger partial charge in [-0.3, -0.25) is 0 Å². The Morgan fingerprint density at radius 2 is 2.33 bits per heavy atom. The van der Waals surface area contributed by atoms with Crippen LogP contribution < -0.4 is 5.32 Å². The highest BCUT2D eigenvalue weighted by atomic mass is 19.3. The second-order valence-corrected chi connectivity index (χ2v) is 4.43. The summed E-state index contributed by atoms with van der Waals surface area (Å²) in [6.45, 7) is 3.66. The maximum atomic E-state index is 11.9. The molecular weight excluding hydrogens is 240 g/mol. The minimum atomic E-state index is -2.38. The van der Waals surface area contributed by atoms with Gasteiger partial charge in [-0.25, -0.2) is 8.78 Å². The van der Waals surface area contributed by atoms with Crippen LogP contribution in [0.4, 0.5) is 8.78 Å². The number of hydrogen-bond acceptors (Lipinski definition) is 3. The molecule has 1 aliphatic rings. The molecule has 0 aromatic heterocycles. The van der Waals surface area contributed by atoms with Crippen LogP contribution in [0.3, 0.4) is 0 Å². The highest BCUT2D eigenvalue weighted by Crippen LogP contribution is 2.18. The quantitative estimate of drug-likeness (QED) is 0.649. The van der Waals surface area contributed by atoms with Crippen LogP contribution in [0.5, 0.6) is 0 Å². The van der Waals surface area contributed by atoms with E-state index in [1.54, 1.807) is 0 Å². The van der Waals surface area contributed by atoms with Crippen molar-refractivity contribution in [2.45, 2.75) is 45.1 Å². The zero-order chi connectivity index (χ0) is 13.2. The third-order valence-electron chi connectivity index (χ3n) is 2.85. The standard InChI is InChI=1S/C13H23F2NO2/c1-2-6-16-12(5-8-18-10-13(14)15)11-4-3-7-17-9-11/h9,12-13,16H,2-8,10H2,1H3. The van der Waals surface area contributed by atoms with Gasteiger partial charge in [-0.1, -0.05) is 6.92 Å². The second-order valence-electron chi connectivity index (χ2n) is 4.43. The molecule has 0 saturated carbocycles. The molecule has 1 unspecified atom stereocenters. The van der Waals surface area contributed by atoms with Gasteiger partial charge in [-0.2, -0.15) is 0 Å². The van der Waals surface area contributed by atoms with Crippen molar-refractivity contribution in [1.29, 1.82) is 0 Å². The van der Waals surface area contributed by atoms with Crippen LogP contribution in [0.2, 0.25) is 0 Å². The molecule has 1 rings (SSSR count). The minimum absolute atomic E-state index is 0.183. The highest BCUT2D eigenvalue weighted by molar-refractivity contribution is 5.09. The average molecular weight is 263 g/mol. The summed E-state index contributed by atoms with van der Waals surface area (Å²) in [4.78, 5) is 0. The molecule has 0 bridgehead atoms. The third-order valence-corrected chi connectivity index (χ3v) is 2.85. The monoisotopic (exact) mass is 263 g/mol. The Morgan fingerprint density at radius 3 is 2.94 bits per heavy atom. The van der Waals surface area contributed by atoms with E-state index in [0.29, 0.717) is 13.0 Å². The van der Waals surface area contributed by atoms with Gasteiger partial charge < -0.3 is 14.8 Å². The van der Waals surface area contributed by atoms with E-state index < -0.39 is 13.0 Å². The summed E-state index contributed by atoms with van der Waals surface area (Å²) in [5, 5.41) is 3.41. The molecule has 18 heavy (non-hydrogen) atoms. The summed E-state index contributed by atoms with van der Waals surface area (Å²) < 4.78 is 34.2. The van der Waals surface area contributed by atoms with E-state index in [-0.39, 0.29) is 6.04 Å². The lowest BCUT2D eigenvalue weighted by Gasteiger charge is -2.24. The highest BCUT2D eigenvalue weighted by Gasteiger charge is 2.16. The first-order chi connectivity index (χ1) is 8.74. The van der Waals surface area contributed by atoms with Gasteiger partial charge in [0.25, 0.3) is 6.43 Å². The molecule has 1 N–H and O–H groups in total. The molecule has 0 fully saturated rings. The third kappa shape index (κ3) is 6.31. The fraction of sp³-hybridized carbons (Fsp3) is 0.846. The lowest BCUT2D eigenvalue weighted by molar-refractivity contribution is 0.0150. The second kappa shape index (κ2) is 9.28. The first-order valence-corrected chi connectivity index (χ1v) is 6.63. The first kappa shape index (κ1) is 15.4. The van der Waals surface area contributed by atoms with Crippen LogP contribution in [0, 0.1) is 0 Å². The first-order valence-electron chi connectivity index (χ1n) is 6.63. The van der Waals surface area contributed by atoms with Crippen molar-refractivity contribution >= 4 is 0 Å². The zero-order valence-corrected chi connectivity index (χ0v) is 11.0. The molecule has 0 aromatic rings. The van der Waals surface area contributed by atoms with Crippen molar-refractivity contribution in [3.05, 3.63) is 11.8 Å². The Morgan fingerprint density at radius 1 is 1.50 bits per heavy atom. The Balaban J connectivity index is 2.32. The topological polar surface area (TPSA) is 30.5 Å². The van der Waals surface area contributed by atoms with E-state index in [9.17, 15) is 8.78 Å². The molecule has 0 aromatic carbocycles. The number of rotatable bonds is 9. The SMILES string of the molecule is CCCNC(CCOCC(F)F)C1=COCCC1. The fourth-order valence-corrected chi connectivity index (χ4v) is 1.95. The van der Waals surface area contributed by atoms with Crippen LogP contribution in [0.1, 0.15) is 32.6 Å². The molecule has 5 heteroatoms. The number of halogens is 2. The lowest BCUT2D eigenvalue weighted by atomic mass is 9.99. The van der Waals surface area contributed by atoms with Crippen molar-refractivity contribution in [3.8, 4) is 0 Å². The average Bonchev–Trinajstić information content (AvgIpc) is 2.38. The van der Waals surface area contributed by atoms with E-state index in [1.165, 1.54) is 5.57 Å². The molecule has 3 nitrogen and oxygen atoms in total. The summed E-state index contributed by atoms with van der Waals surface area (Å²) in [6, 6.07) is 0.183. The predicted molar refractivity (Wildman–Crippen MR) is 66.8 cm³/mol. The molecule has 0 radical (unpaired) electrons. The van der Waals surface area contributed by atoms with E-state index >= 15 is 0 Å². The summed E-state index contributed by atoms with van der Waals surface area (Å²) in [7, 11) is 0. The molecule has 0 spiro atoms. The number of hydrogen-bond donors (Lipinski definition) is 1. The maximum Gasteiger partial charge on any atom is 0.261 e. The molecule has 0 aliphatic carbocycles. The van der Waals surface area contributed by atoms with Gasteiger partial charge in [0.2, 0.25) is 0 Å².